The summed E-state index contributed by atoms with van der Waals surface area (Å²) in [5.41, 5.74) is 0.428. The lowest BCUT2D eigenvalue weighted by Gasteiger charge is -2.07. The van der Waals surface area contributed by atoms with Crippen molar-refractivity contribution < 1.29 is 24.2 Å². The van der Waals surface area contributed by atoms with Crippen LogP contribution in [-0.4, -0.2) is 47.2 Å². The number of ketones is 1. The van der Waals surface area contributed by atoms with Crippen LogP contribution in [0.4, 0.5) is 4.39 Å². The number of benzene rings is 1. The summed E-state index contributed by atoms with van der Waals surface area (Å²) in [5.74, 6) is -3.05. The number of aromatic carboxylic acids is 1. The molecule has 10 heteroatoms. The molecule has 0 aliphatic carbocycles. The van der Waals surface area contributed by atoms with Gasteiger partial charge in [-0.25, -0.2) is 9.18 Å². The molecule has 2 aromatic heterocycles. The molecule has 0 aliphatic heterocycles. The van der Waals surface area contributed by atoms with Crippen molar-refractivity contribution in [2.75, 3.05) is 0 Å². The number of aromatic nitrogens is 5. The zero-order chi connectivity index (χ0) is 18.7. The van der Waals surface area contributed by atoms with Crippen LogP contribution in [0, 0.1) is 5.82 Å². The molecular weight excluding hydrogens is 345 g/mol. The minimum Gasteiger partial charge on any atom is -0.504 e. The van der Waals surface area contributed by atoms with Gasteiger partial charge >= 0.3 is 5.97 Å². The van der Waals surface area contributed by atoms with Crippen LogP contribution in [0.5, 0.6) is 0 Å². The Morgan fingerprint density at radius 2 is 2.08 bits per heavy atom. The Morgan fingerprint density at radius 1 is 1.27 bits per heavy atom. The molecule has 0 saturated heterocycles. The second-order valence-corrected chi connectivity index (χ2v) is 5.31. The third-order valence-corrected chi connectivity index (χ3v) is 3.48. The Balaban J connectivity index is 1.96. The summed E-state index contributed by atoms with van der Waals surface area (Å²) in [5, 5.41) is 31.5. The number of nitrogens with one attached hydrogen (secondary N) is 1. The average Bonchev–Trinajstić information content (AvgIpc) is 3.24. The summed E-state index contributed by atoms with van der Waals surface area (Å²) in [7, 11) is 0. The SMILES string of the molecule is O=C(O)c1cc(C(=O)C=C(O)c2nn[nH]n2)n(Cc2cccc(F)c2)c1. The lowest BCUT2D eigenvalue weighted by Crippen LogP contribution is -2.08. The van der Waals surface area contributed by atoms with Crippen LogP contribution < -0.4 is 0 Å². The smallest absolute Gasteiger partial charge is 0.337 e. The predicted molar refractivity (Wildman–Crippen MR) is 86.0 cm³/mol. The second kappa shape index (κ2) is 6.97. The number of carboxylic acids is 1. The predicted octanol–water partition coefficient (Wildman–Crippen LogP) is 1.67. The van der Waals surface area contributed by atoms with E-state index in [4.69, 9.17) is 5.11 Å². The zero-order valence-electron chi connectivity index (χ0n) is 13.1. The maximum absolute atomic E-state index is 13.4. The quantitative estimate of drug-likeness (QED) is 0.347. The van der Waals surface area contributed by atoms with Gasteiger partial charge in [0.15, 0.2) is 5.76 Å². The molecule has 3 aromatic rings. The van der Waals surface area contributed by atoms with Crippen molar-refractivity contribution in [1.29, 1.82) is 0 Å². The van der Waals surface area contributed by atoms with Crippen molar-refractivity contribution in [2.45, 2.75) is 6.54 Å². The molecule has 132 valence electrons. The van der Waals surface area contributed by atoms with Gasteiger partial charge in [0.05, 0.1) is 11.3 Å². The Hall–Kier alpha value is -3.82. The Bertz CT molecular complexity index is 994. The normalized spacial score (nSPS) is 11.5. The van der Waals surface area contributed by atoms with Gasteiger partial charge in [-0.2, -0.15) is 5.21 Å². The van der Waals surface area contributed by atoms with Gasteiger partial charge in [0.2, 0.25) is 11.6 Å². The minimum atomic E-state index is -1.22. The number of hydrogen-bond acceptors (Lipinski definition) is 6. The number of rotatable bonds is 6. The van der Waals surface area contributed by atoms with E-state index in [-0.39, 0.29) is 23.6 Å². The van der Waals surface area contributed by atoms with E-state index < -0.39 is 23.3 Å². The van der Waals surface area contributed by atoms with E-state index in [9.17, 15) is 19.1 Å². The molecule has 0 atom stereocenters. The summed E-state index contributed by atoms with van der Waals surface area (Å²) in [6.07, 6.45) is 2.12. The third-order valence-electron chi connectivity index (χ3n) is 3.48. The van der Waals surface area contributed by atoms with Crippen molar-refractivity contribution in [3.63, 3.8) is 0 Å². The highest BCUT2D eigenvalue weighted by atomic mass is 19.1. The number of H-pyrrole nitrogens is 1. The number of carbonyl (C=O) groups excluding carboxylic acids is 1. The van der Waals surface area contributed by atoms with Gasteiger partial charge in [0.25, 0.3) is 0 Å². The van der Waals surface area contributed by atoms with Gasteiger partial charge in [0, 0.05) is 18.8 Å². The Kier molecular flexibility index (Phi) is 4.56. The van der Waals surface area contributed by atoms with Gasteiger partial charge in [-0.1, -0.05) is 12.1 Å². The van der Waals surface area contributed by atoms with Crippen LogP contribution in [0.1, 0.15) is 32.2 Å². The van der Waals surface area contributed by atoms with Gasteiger partial charge in [-0.15, -0.1) is 10.2 Å². The van der Waals surface area contributed by atoms with Gasteiger partial charge < -0.3 is 14.8 Å². The van der Waals surface area contributed by atoms with Crippen molar-refractivity contribution in [3.05, 3.63) is 71.1 Å². The number of allylic oxidation sites excluding steroid dienone is 1. The standard InChI is InChI=1S/C16H12FN5O4/c17-11-3-1-2-9(4-11)7-22-8-10(16(25)26)5-12(22)13(23)6-14(24)15-18-20-21-19-15/h1-6,8,24H,7H2,(H,25,26)(H,18,19,20,21). The first-order valence-corrected chi connectivity index (χ1v) is 7.31. The van der Waals surface area contributed by atoms with Crippen molar-refractivity contribution in [2.24, 2.45) is 0 Å². The molecule has 0 spiro atoms. The van der Waals surface area contributed by atoms with Crippen LogP contribution in [-0.2, 0) is 6.54 Å². The van der Waals surface area contributed by atoms with Gasteiger partial charge in [-0.3, -0.25) is 4.79 Å². The Labute approximate surface area is 145 Å². The van der Waals surface area contributed by atoms with E-state index in [1.165, 1.54) is 35.0 Å². The number of hydrogen-bond donors (Lipinski definition) is 3. The Morgan fingerprint density at radius 3 is 2.73 bits per heavy atom. The van der Waals surface area contributed by atoms with E-state index in [1.54, 1.807) is 6.07 Å². The lowest BCUT2D eigenvalue weighted by molar-refractivity contribution is 0.0696. The fraction of sp³-hybridized carbons (Fsp3) is 0.0625. The summed E-state index contributed by atoms with van der Waals surface area (Å²) < 4.78 is 14.7. The molecular formula is C16H12FN5O4. The van der Waals surface area contributed by atoms with Crippen molar-refractivity contribution >= 4 is 17.5 Å². The van der Waals surface area contributed by atoms with Crippen LogP contribution in [0.3, 0.4) is 0 Å². The molecule has 0 unspecified atom stereocenters. The molecule has 3 N–H and O–H groups in total. The number of aliphatic hydroxyl groups is 1. The van der Waals surface area contributed by atoms with Crippen LogP contribution in [0.15, 0.2) is 42.6 Å². The van der Waals surface area contributed by atoms with E-state index in [2.05, 4.69) is 20.6 Å². The molecule has 0 fully saturated rings. The van der Waals surface area contributed by atoms with Crippen LogP contribution >= 0.6 is 0 Å². The summed E-state index contributed by atoms with van der Waals surface area (Å²) in [4.78, 5) is 23.7. The van der Waals surface area contributed by atoms with Crippen molar-refractivity contribution in [1.82, 2.24) is 25.2 Å². The number of aromatic amines is 1. The van der Waals surface area contributed by atoms with Gasteiger partial charge in [0.1, 0.15) is 5.82 Å². The fourth-order valence-corrected chi connectivity index (χ4v) is 2.33. The number of carboxylic acid groups (broad SMARTS) is 1. The maximum atomic E-state index is 13.4. The topological polar surface area (TPSA) is 134 Å². The molecule has 0 amide bonds. The van der Waals surface area contributed by atoms with Crippen LogP contribution in [0.2, 0.25) is 0 Å². The van der Waals surface area contributed by atoms with Crippen LogP contribution in [0.25, 0.3) is 5.76 Å². The first-order chi connectivity index (χ1) is 12.4. The largest absolute Gasteiger partial charge is 0.504 e. The second-order valence-electron chi connectivity index (χ2n) is 5.31. The molecule has 2 heterocycles. The number of halogens is 1. The highest BCUT2D eigenvalue weighted by molar-refractivity contribution is 6.07. The molecule has 0 saturated carbocycles. The first kappa shape index (κ1) is 17.0. The summed E-state index contributed by atoms with van der Waals surface area (Å²) in [6, 6.07) is 6.88. The summed E-state index contributed by atoms with van der Waals surface area (Å²) >= 11 is 0. The molecule has 0 bridgehead atoms. The number of tetrazole rings is 1. The third kappa shape index (κ3) is 3.64. The van der Waals surface area contributed by atoms with E-state index in [0.29, 0.717) is 5.56 Å². The average molecular weight is 357 g/mol. The molecule has 0 aliphatic rings. The van der Waals surface area contributed by atoms with Gasteiger partial charge in [-0.05, 0) is 29.0 Å². The molecule has 0 radical (unpaired) electrons. The summed E-state index contributed by atoms with van der Waals surface area (Å²) in [6.45, 7) is 0.0723. The lowest BCUT2D eigenvalue weighted by atomic mass is 10.2. The molecule has 9 nitrogen and oxygen atoms in total. The van der Waals surface area contributed by atoms with Crippen molar-refractivity contribution in [3.8, 4) is 0 Å². The highest BCUT2D eigenvalue weighted by Crippen LogP contribution is 2.16. The first-order valence-electron chi connectivity index (χ1n) is 7.31. The monoisotopic (exact) mass is 357 g/mol. The minimum absolute atomic E-state index is 0.00158. The van der Waals surface area contributed by atoms with E-state index in [1.807, 2.05) is 0 Å². The zero-order valence-corrected chi connectivity index (χ0v) is 13.1. The molecule has 3 rings (SSSR count). The number of aliphatic hydroxyl groups excluding tert-OH is 1. The number of carbonyl (C=O) groups is 2. The van der Waals surface area contributed by atoms with E-state index >= 15 is 0 Å². The molecule has 1 aromatic carbocycles. The maximum Gasteiger partial charge on any atom is 0.337 e. The van der Waals surface area contributed by atoms with E-state index in [0.717, 1.165) is 6.08 Å². The molecule has 26 heavy (non-hydrogen) atoms. The number of nitrogens with zero attached hydrogens (tertiary/aromatic N) is 4. The highest BCUT2D eigenvalue weighted by Gasteiger charge is 2.18. The fourth-order valence-electron chi connectivity index (χ4n) is 2.33.